The van der Waals surface area contributed by atoms with Crippen LogP contribution in [0.4, 0.5) is 9.18 Å². The molecule has 2 amide bonds. The minimum Gasteiger partial charge on any atom is -0.464 e. The van der Waals surface area contributed by atoms with Crippen LogP contribution >= 0.6 is 0 Å². The van der Waals surface area contributed by atoms with Gasteiger partial charge in [0.25, 0.3) is 0 Å². The lowest BCUT2D eigenvalue weighted by Crippen LogP contribution is -2.39. The topological polar surface area (TPSA) is 69.5 Å². The van der Waals surface area contributed by atoms with Crippen molar-refractivity contribution < 1.29 is 13.6 Å². The first-order chi connectivity index (χ1) is 14.4. The highest BCUT2D eigenvalue weighted by Crippen LogP contribution is 2.25. The van der Waals surface area contributed by atoms with E-state index in [1.54, 1.807) is 17.0 Å². The van der Waals surface area contributed by atoms with Gasteiger partial charge >= 0.3 is 6.03 Å². The number of amides is 2. The second-order valence-electron chi connectivity index (χ2n) is 8.22. The monoisotopic (exact) mass is 416 g/mol. The average Bonchev–Trinajstić information content (AvgIpc) is 3.36. The number of urea groups is 1. The predicted molar refractivity (Wildman–Crippen MR) is 115 cm³/mol. The van der Waals surface area contributed by atoms with Gasteiger partial charge in [0.15, 0.2) is 0 Å². The minimum absolute atomic E-state index is 0.0869. The van der Waals surface area contributed by atoms with E-state index in [0.29, 0.717) is 6.04 Å². The summed E-state index contributed by atoms with van der Waals surface area (Å²) in [6.07, 6.45) is 5.13. The summed E-state index contributed by atoms with van der Waals surface area (Å²) in [5.41, 5.74) is 7.58. The number of benzene rings is 1. The molecule has 7 heteroatoms. The normalized spacial score (nSPS) is 19.6. The maximum atomic E-state index is 13.4. The van der Waals surface area contributed by atoms with E-state index in [-0.39, 0.29) is 23.9 Å². The molecule has 1 aromatic heterocycles. The SMILES string of the molecule is Cc1ccc(C(C)NC(=O)N(C)CCCCCC2CC(c3cccc(F)c3)NN2)o1. The zero-order chi connectivity index (χ0) is 21.5. The summed E-state index contributed by atoms with van der Waals surface area (Å²) in [5, 5.41) is 2.97. The number of unbranched alkanes of at least 4 members (excludes halogenated alkanes) is 2. The van der Waals surface area contributed by atoms with Gasteiger partial charge in [-0.15, -0.1) is 0 Å². The van der Waals surface area contributed by atoms with Gasteiger partial charge in [-0.3, -0.25) is 10.9 Å². The van der Waals surface area contributed by atoms with Gasteiger partial charge in [0, 0.05) is 25.7 Å². The summed E-state index contributed by atoms with van der Waals surface area (Å²) < 4.78 is 19.0. The van der Waals surface area contributed by atoms with Crippen LogP contribution in [0.2, 0.25) is 0 Å². The molecule has 3 N–H and O–H groups in total. The number of hydrogen-bond acceptors (Lipinski definition) is 4. The Morgan fingerprint density at radius 1 is 1.27 bits per heavy atom. The Morgan fingerprint density at radius 2 is 2.10 bits per heavy atom. The molecule has 0 bridgehead atoms. The Kier molecular flexibility index (Phi) is 7.87. The van der Waals surface area contributed by atoms with Crippen molar-refractivity contribution >= 4 is 6.03 Å². The Hall–Kier alpha value is -2.38. The van der Waals surface area contributed by atoms with Crippen LogP contribution in [-0.4, -0.2) is 30.6 Å². The molecule has 0 radical (unpaired) electrons. The molecule has 1 aromatic carbocycles. The third-order valence-corrected chi connectivity index (χ3v) is 5.65. The zero-order valence-corrected chi connectivity index (χ0v) is 18.1. The van der Waals surface area contributed by atoms with Crippen LogP contribution in [0.15, 0.2) is 40.8 Å². The molecule has 1 aliphatic heterocycles. The van der Waals surface area contributed by atoms with Gasteiger partial charge < -0.3 is 14.6 Å². The second kappa shape index (κ2) is 10.6. The van der Waals surface area contributed by atoms with Crippen molar-refractivity contribution in [2.45, 2.75) is 64.1 Å². The number of carbonyl (C=O) groups is 1. The number of furan rings is 1. The second-order valence-corrected chi connectivity index (χ2v) is 8.22. The number of nitrogens with one attached hydrogen (secondary N) is 3. The van der Waals surface area contributed by atoms with Crippen LogP contribution in [0.3, 0.4) is 0 Å². The molecule has 0 aliphatic carbocycles. The molecule has 0 saturated carbocycles. The Bertz CT molecular complexity index is 825. The molecule has 3 rings (SSSR count). The van der Waals surface area contributed by atoms with Gasteiger partial charge in [-0.1, -0.05) is 25.0 Å². The lowest BCUT2D eigenvalue weighted by Gasteiger charge is -2.20. The fraction of sp³-hybridized carbons (Fsp3) is 0.522. The van der Waals surface area contributed by atoms with E-state index in [0.717, 1.165) is 55.7 Å². The molecule has 1 fully saturated rings. The van der Waals surface area contributed by atoms with Crippen LogP contribution in [-0.2, 0) is 0 Å². The van der Waals surface area contributed by atoms with Gasteiger partial charge in [0.05, 0.1) is 6.04 Å². The summed E-state index contributed by atoms with van der Waals surface area (Å²) in [5.74, 6) is 1.41. The maximum absolute atomic E-state index is 13.4. The van der Waals surface area contributed by atoms with Crippen molar-refractivity contribution in [1.82, 2.24) is 21.1 Å². The molecular weight excluding hydrogens is 383 g/mol. The van der Waals surface area contributed by atoms with Crippen molar-refractivity contribution in [2.24, 2.45) is 0 Å². The summed E-state index contributed by atoms with van der Waals surface area (Å²) in [7, 11) is 1.82. The van der Waals surface area contributed by atoms with Gasteiger partial charge in [0.1, 0.15) is 17.3 Å². The van der Waals surface area contributed by atoms with Crippen molar-refractivity contribution in [3.05, 3.63) is 59.3 Å². The van der Waals surface area contributed by atoms with Crippen LogP contribution in [0.25, 0.3) is 0 Å². The van der Waals surface area contributed by atoms with Gasteiger partial charge in [-0.25, -0.2) is 9.18 Å². The van der Waals surface area contributed by atoms with E-state index in [4.69, 9.17) is 4.42 Å². The average molecular weight is 417 g/mol. The zero-order valence-electron chi connectivity index (χ0n) is 18.1. The molecule has 1 saturated heterocycles. The smallest absolute Gasteiger partial charge is 0.317 e. The van der Waals surface area contributed by atoms with E-state index in [2.05, 4.69) is 16.2 Å². The fourth-order valence-corrected chi connectivity index (χ4v) is 3.82. The number of hydrazine groups is 1. The molecule has 1 aliphatic rings. The summed E-state index contributed by atoms with van der Waals surface area (Å²) >= 11 is 0. The fourth-order valence-electron chi connectivity index (χ4n) is 3.82. The molecule has 6 nitrogen and oxygen atoms in total. The van der Waals surface area contributed by atoms with Crippen molar-refractivity contribution in [1.29, 1.82) is 0 Å². The highest BCUT2D eigenvalue weighted by molar-refractivity contribution is 5.74. The van der Waals surface area contributed by atoms with E-state index in [1.807, 2.05) is 39.1 Å². The molecule has 3 unspecified atom stereocenters. The third-order valence-electron chi connectivity index (χ3n) is 5.65. The first kappa shape index (κ1) is 22.3. The largest absolute Gasteiger partial charge is 0.464 e. The van der Waals surface area contributed by atoms with E-state index >= 15 is 0 Å². The third kappa shape index (κ3) is 6.31. The Morgan fingerprint density at radius 3 is 2.83 bits per heavy atom. The van der Waals surface area contributed by atoms with Crippen molar-refractivity contribution in [3.8, 4) is 0 Å². The van der Waals surface area contributed by atoms with E-state index in [9.17, 15) is 9.18 Å². The minimum atomic E-state index is -0.195. The molecule has 30 heavy (non-hydrogen) atoms. The number of aryl methyl sites for hydroxylation is 1. The van der Waals surface area contributed by atoms with Crippen LogP contribution in [0.5, 0.6) is 0 Å². The highest BCUT2D eigenvalue weighted by Gasteiger charge is 2.24. The number of halogens is 1. The van der Waals surface area contributed by atoms with Crippen LogP contribution < -0.4 is 16.2 Å². The number of carbonyl (C=O) groups excluding carboxylic acids is 1. The number of rotatable bonds is 9. The molecule has 0 spiro atoms. The number of hydrogen-bond donors (Lipinski definition) is 3. The van der Waals surface area contributed by atoms with Crippen molar-refractivity contribution in [3.63, 3.8) is 0 Å². The number of nitrogens with zero attached hydrogens (tertiary/aromatic N) is 1. The summed E-state index contributed by atoms with van der Waals surface area (Å²) in [4.78, 5) is 14.1. The van der Waals surface area contributed by atoms with Crippen molar-refractivity contribution in [2.75, 3.05) is 13.6 Å². The Balaban J connectivity index is 1.29. The first-order valence-corrected chi connectivity index (χ1v) is 10.8. The van der Waals surface area contributed by atoms with Crippen LogP contribution in [0, 0.1) is 12.7 Å². The molecular formula is C23H33FN4O2. The van der Waals surface area contributed by atoms with Gasteiger partial charge in [0.2, 0.25) is 0 Å². The molecule has 3 atom stereocenters. The highest BCUT2D eigenvalue weighted by atomic mass is 19.1. The predicted octanol–water partition coefficient (Wildman–Crippen LogP) is 4.60. The standard InChI is InChI=1S/C23H33FN4O2/c1-16-11-12-22(30-16)17(2)25-23(29)28(3)13-6-4-5-10-20-15-21(27-26-20)18-8-7-9-19(24)14-18/h7-9,11-12,14,17,20-21,26-27H,4-6,10,13,15H2,1-3H3,(H,25,29). The lowest BCUT2D eigenvalue weighted by molar-refractivity contribution is 0.202. The maximum Gasteiger partial charge on any atom is 0.317 e. The summed E-state index contributed by atoms with van der Waals surface area (Å²) in [6, 6.07) is 10.9. The first-order valence-electron chi connectivity index (χ1n) is 10.8. The summed E-state index contributed by atoms with van der Waals surface area (Å²) in [6.45, 7) is 4.53. The Labute approximate surface area is 178 Å². The van der Waals surface area contributed by atoms with E-state index < -0.39 is 0 Å². The lowest BCUT2D eigenvalue weighted by atomic mass is 9.99. The molecule has 164 valence electrons. The van der Waals surface area contributed by atoms with Gasteiger partial charge in [-0.2, -0.15) is 0 Å². The van der Waals surface area contributed by atoms with Crippen LogP contribution in [0.1, 0.15) is 68.2 Å². The molecule has 2 aromatic rings. The van der Waals surface area contributed by atoms with E-state index in [1.165, 1.54) is 6.07 Å². The quantitative estimate of drug-likeness (QED) is 0.523. The molecule has 2 heterocycles. The van der Waals surface area contributed by atoms with Gasteiger partial charge in [-0.05, 0) is 62.9 Å².